The van der Waals surface area contributed by atoms with E-state index < -0.39 is 0 Å². The topological polar surface area (TPSA) is 49.5 Å². The molecule has 1 fully saturated rings. The molecule has 1 aromatic heterocycles. The summed E-state index contributed by atoms with van der Waals surface area (Å²) in [7, 11) is 0. The van der Waals surface area contributed by atoms with Crippen LogP contribution in [0.5, 0.6) is 0 Å². The van der Waals surface area contributed by atoms with Crippen LogP contribution in [0.2, 0.25) is 0 Å². The average Bonchev–Trinajstić information content (AvgIpc) is 2.91. The van der Waals surface area contributed by atoms with Crippen molar-refractivity contribution in [3.63, 3.8) is 0 Å². The SMILES string of the molecule is OC1CCN(Cc2coc(-c3ccccc3)n2)CC1. The highest BCUT2D eigenvalue weighted by Gasteiger charge is 2.18. The van der Waals surface area contributed by atoms with Crippen molar-refractivity contribution in [2.75, 3.05) is 13.1 Å². The Kier molecular flexibility index (Phi) is 3.62. The number of nitrogens with zero attached hydrogens (tertiary/aromatic N) is 2. The highest BCUT2D eigenvalue weighted by molar-refractivity contribution is 5.52. The van der Waals surface area contributed by atoms with Gasteiger partial charge in [0, 0.05) is 25.2 Å². The van der Waals surface area contributed by atoms with Crippen LogP contribution >= 0.6 is 0 Å². The number of benzene rings is 1. The van der Waals surface area contributed by atoms with E-state index >= 15 is 0 Å². The van der Waals surface area contributed by atoms with Crippen molar-refractivity contribution in [2.45, 2.75) is 25.5 Å². The zero-order valence-electron chi connectivity index (χ0n) is 10.8. The first-order valence-electron chi connectivity index (χ1n) is 6.71. The van der Waals surface area contributed by atoms with E-state index in [-0.39, 0.29) is 6.10 Å². The van der Waals surface area contributed by atoms with Crippen LogP contribution in [0.1, 0.15) is 18.5 Å². The number of likely N-dealkylation sites (tertiary alicyclic amines) is 1. The van der Waals surface area contributed by atoms with Gasteiger partial charge >= 0.3 is 0 Å². The first kappa shape index (κ1) is 12.4. The normalized spacial score (nSPS) is 17.7. The summed E-state index contributed by atoms with van der Waals surface area (Å²) in [6, 6.07) is 9.92. The maximum Gasteiger partial charge on any atom is 0.226 e. The summed E-state index contributed by atoms with van der Waals surface area (Å²) >= 11 is 0. The monoisotopic (exact) mass is 258 g/mol. The minimum atomic E-state index is -0.131. The predicted molar refractivity (Wildman–Crippen MR) is 72.5 cm³/mol. The Hall–Kier alpha value is -1.65. The Bertz CT molecular complexity index is 516. The summed E-state index contributed by atoms with van der Waals surface area (Å²) in [5.41, 5.74) is 1.96. The summed E-state index contributed by atoms with van der Waals surface area (Å²) in [5, 5.41) is 9.49. The summed E-state index contributed by atoms with van der Waals surface area (Å²) in [6.07, 6.45) is 3.30. The van der Waals surface area contributed by atoms with Gasteiger partial charge in [-0.3, -0.25) is 4.90 Å². The second kappa shape index (κ2) is 5.55. The van der Waals surface area contributed by atoms with Crippen molar-refractivity contribution in [3.8, 4) is 11.5 Å². The van der Waals surface area contributed by atoms with Gasteiger partial charge in [0.25, 0.3) is 0 Å². The minimum absolute atomic E-state index is 0.131. The third-order valence-electron chi connectivity index (χ3n) is 3.52. The van der Waals surface area contributed by atoms with Crippen LogP contribution < -0.4 is 0 Å². The van der Waals surface area contributed by atoms with Gasteiger partial charge in [0.1, 0.15) is 6.26 Å². The van der Waals surface area contributed by atoms with Crippen LogP contribution in [-0.4, -0.2) is 34.2 Å². The molecule has 2 aromatic rings. The molecule has 1 saturated heterocycles. The molecule has 0 unspecified atom stereocenters. The van der Waals surface area contributed by atoms with Crippen molar-refractivity contribution in [2.24, 2.45) is 0 Å². The number of hydrogen-bond acceptors (Lipinski definition) is 4. The highest BCUT2D eigenvalue weighted by Crippen LogP contribution is 2.19. The molecule has 2 heterocycles. The van der Waals surface area contributed by atoms with Gasteiger partial charge in [-0.05, 0) is 25.0 Å². The van der Waals surface area contributed by atoms with Gasteiger partial charge in [-0.25, -0.2) is 4.98 Å². The predicted octanol–water partition coefficient (Wildman–Crippen LogP) is 2.30. The van der Waals surface area contributed by atoms with E-state index in [9.17, 15) is 5.11 Å². The molecule has 0 bridgehead atoms. The molecule has 0 aliphatic carbocycles. The Labute approximate surface area is 112 Å². The minimum Gasteiger partial charge on any atom is -0.444 e. The largest absolute Gasteiger partial charge is 0.444 e. The van der Waals surface area contributed by atoms with Crippen LogP contribution in [-0.2, 0) is 6.54 Å². The van der Waals surface area contributed by atoms with Gasteiger partial charge in [0.15, 0.2) is 0 Å². The molecule has 1 aliphatic rings. The van der Waals surface area contributed by atoms with Gasteiger partial charge < -0.3 is 9.52 Å². The van der Waals surface area contributed by atoms with Crippen molar-refractivity contribution >= 4 is 0 Å². The molecule has 0 atom stereocenters. The second-order valence-corrected chi connectivity index (χ2v) is 5.02. The van der Waals surface area contributed by atoms with Gasteiger partial charge in [-0.2, -0.15) is 0 Å². The van der Waals surface area contributed by atoms with Gasteiger partial charge in [0.05, 0.1) is 11.8 Å². The molecule has 1 aromatic carbocycles. The molecular weight excluding hydrogens is 240 g/mol. The molecule has 1 aliphatic heterocycles. The lowest BCUT2D eigenvalue weighted by atomic mass is 10.1. The number of aliphatic hydroxyl groups excluding tert-OH is 1. The number of aliphatic hydroxyl groups is 1. The van der Waals surface area contributed by atoms with Crippen molar-refractivity contribution in [1.29, 1.82) is 0 Å². The van der Waals surface area contributed by atoms with Gasteiger partial charge in [-0.1, -0.05) is 18.2 Å². The van der Waals surface area contributed by atoms with Crippen molar-refractivity contribution in [3.05, 3.63) is 42.3 Å². The number of oxazole rings is 1. The summed E-state index contributed by atoms with van der Waals surface area (Å²) in [5.74, 6) is 0.674. The van der Waals surface area contributed by atoms with E-state index in [0.29, 0.717) is 5.89 Å². The maximum absolute atomic E-state index is 9.49. The fourth-order valence-electron chi connectivity index (χ4n) is 2.40. The first-order valence-corrected chi connectivity index (χ1v) is 6.71. The smallest absolute Gasteiger partial charge is 0.226 e. The summed E-state index contributed by atoms with van der Waals surface area (Å²) < 4.78 is 5.53. The third-order valence-corrected chi connectivity index (χ3v) is 3.52. The standard InChI is InChI=1S/C15H18N2O2/c18-14-6-8-17(9-7-14)10-13-11-19-15(16-13)12-4-2-1-3-5-12/h1-5,11,14,18H,6-10H2. The molecule has 1 N–H and O–H groups in total. The molecule has 0 saturated carbocycles. The quantitative estimate of drug-likeness (QED) is 0.917. The fourth-order valence-corrected chi connectivity index (χ4v) is 2.40. The van der Waals surface area contributed by atoms with E-state index in [1.54, 1.807) is 6.26 Å². The first-order chi connectivity index (χ1) is 9.31. The Morgan fingerprint density at radius 1 is 1.21 bits per heavy atom. The molecule has 19 heavy (non-hydrogen) atoms. The summed E-state index contributed by atoms with van der Waals surface area (Å²) in [4.78, 5) is 6.83. The number of hydrogen-bond donors (Lipinski definition) is 1. The fraction of sp³-hybridized carbons (Fsp3) is 0.400. The van der Waals surface area contributed by atoms with E-state index in [4.69, 9.17) is 4.42 Å². The second-order valence-electron chi connectivity index (χ2n) is 5.02. The molecule has 3 rings (SSSR count). The van der Waals surface area contributed by atoms with Crippen molar-refractivity contribution < 1.29 is 9.52 Å². The van der Waals surface area contributed by atoms with E-state index in [1.165, 1.54) is 0 Å². The van der Waals surface area contributed by atoms with Crippen molar-refractivity contribution in [1.82, 2.24) is 9.88 Å². The molecular formula is C15H18N2O2. The molecule has 0 radical (unpaired) electrons. The molecule has 0 amide bonds. The van der Waals surface area contributed by atoms with E-state index in [2.05, 4.69) is 9.88 Å². The lowest BCUT2D eigenvalue weighted by Crippen LogP contribution is -2.35. The summed E-state index contributed by atoms with van der Waals surface area (Å²) in [6.45, 7) is 2.65. The lowest BCUT2D eigenvalue weighted by molar-refractivity contribution is 0.0786. The Morgan fingerprint density at radius 2 is 1.95 bits per heavy atom. The van der Waals surface area contributed by atoms with Crippen LogP contribution in [0.3, 0.4) is 0 Å². The Morgan fingerprint density at radius 3 is 2.68 bits per heavy atom. The maximum atomic E-state index is 9.49. The van der Waals surface area contributed by atoms with Gasteiger partial charge in [0.2, 0.25) is 5.89 Å². The van der Waals surface area contributed by atoms with Crippen LogP contribution in [0, 0.1) is 0 Å². The van der Waals surface area contributed by atoms with Crippen LogP contribution in [0.4, 0.5) is 0 Å². The zero-order chi connectivity index (χ0) is 13.1. The van der Waals surface area contributed by atoms with Gasteiger partial charge in [-0.15, -0.1) is 0 Å². The Balaban J connectivity index is 1.65. The van der Waals surface area contributed by atoms with Crippen LogP contribution in [0.25, 0.3) is 11.5 Å². The third kappa shape index (κ3) is 3.03. The lowest BCUT2D eigenvalue weighted by Gasteiger charge is -2.28. The molecule has 100 valence electrons. The number of aromatic nitrogens is 1. The highest BCUT2D eigenvalue weighted by atomic mass is 16.3. The number of piperidine rings is 1. The van der Waals surface area contributed by atoms with Crippen LogP contribution in [0.15, 0.2) is 41.0 Å². The molecule has 4 heteroatoms. The van der Waals surface area contributed by atoms with E-state index in [1.807, 2.05) is 30.3 Å². The van der Waals surface area contributed by atoms with E-state index in [0.717, 1.165) is 43.7 Å². The molecule has 0 spiro atoms. The number of rotatable bonds is 3. The average molecular weight is 258 g/mol. The molecule has 4 nitrogen and oxygen atoms in total. The zero-order valence-corrected chi connectivity index (χ0v) is 10.8.